The summed E-state index contributed by atoms with van der Waals surface area (Å²) in [7, 11) is 0. The third-order valence-corrected chi connectivity index (χ3v) is 6.87. The van der Waals surface area contributed by atoms with Gasteiger partial charge < -0.3 is 29.7 Å². The number of fused-ring (bicyclic) bond motifs is 1. The number of benzene rings is 2. The molecule has 3 amide bonds. The van der Waals surface area contributed by atoms with Gasteiger partial charge in [-0.05, 0) is 61.7 Å². The molecule has 15 nitrogen and oxygen atoms in total. The minimum Gasteiger partial charge on any atom is -0.508 e. The van der Waals surface area contributed by atoms with Crippen molar-refractivity contribution in [1.82, 2.24) is 25.1 Å². The molecule has 0 aliphatic rings. The van der Waals surface area contributed by atoms with Gasteiger partial charge in [-0.3, -0.25) is 14.4 Å². The third kappa shape index (κ3) is 6.77. The Bertz CT molecular complexity index is 1900. The quantitative estimate of drug-likeness (QED) is 0.149. The van der Waals surface area contributed by atoms with Crippen LogP contribution in [0.25, 0.3) is 5.52 Å². The minimum atomic E-state index is -1.16. The maximum atomic E-state index is 13.7. The van der Waals surface area contributed by atoms with Gasteiger partial charge in [0.25, 0.3) is 11.8 Å². The van der Waals surface area contributed by atoms with Crippen LogP contribution < -0.4 is 15.5 Å². The molecule has 0 spiro atoms. The van der Waals surface area contributed by atoms with Crippen LogP contribution in [-0.4, -0.2) is 62.1 Å². The van der Waals surface area contributed by atoms with Crippen LogP contribution in [0, 0.1) is 13.8 Å². The fourth-order valence-corrected chi connectivity index (χ4v) is 4.53. The SMILES string of the molecule is CCNC(=O)c1cn2ncnc(Nc3cc(C(=O)N(C(=O)OCOC(=O)Cc4ccc(O)cc4)c4ccon4)ccc3C)c2c1C. The van der Waals surface area contributed by atoms with E-state index < -0.39 is 24.8 Å². The lowest BCUT2D eigenvalue weighted by atomic mass is 10.1. The Morgan fingerprint density at radius 3 is 2.54 bits per heavy atom. The second kappa shape index (κ2) is 13.6. The second-order valence-electron chi connectivity index (χ2n) is 9.97. The molecule has 15 heteroatoms. The number of aryl methyl sites for hydroxylation is 2. The topological polar surface area (TPSA) is 190 Å². The first-order chi connectivity index (χ1) is 22.2. The van der Waals surface area contributed by atoms with Gasteiger partial charge in [-0.25, -0.2) is 14.3 Å². The number of phenols is 1. The maximum Gasteiger partial charge on any atom is 0.425 e. The Morgan fingerprint density at radius 2 is 1.83 bits per heavy atom. The van der Waals surface area contributed by atoms with Crippen LogP contribution in [0.15, 0.2) is 71.8 Å². The summed E-state index contributed by atoms with van der Waals surface area (Å²) >= 11 is 0. The van der Waals surface area contributed by atoms with E-state index in [9.17, 15) is 24.3 Å². The van der Waals surface area contributed by atoms with Crippen molar-refractivity contribution in [2.24, 2.45) is 0 Å². The van der Waals surface area contributed by atoms with Crippen molar-refractivity contribution >= 4 is 46.7 Å². The third-order valence-electron chi connectivity index (χ3n) is 6.87. The van der Waals surface area contributed by atoms with Crippen molar-refractivity contribution in [2.45, 2.75) is 27.2 Å². The smallest absolute Gasteiger partial charge is 0.425 e. The van der Waals surface area contributed by atoms with Gasteiger partial charge in [0, 0.05) is 30.1 Å². The molecule has 0 saturated heterocycles. The minimum absolute atomic E-state index is 0.0504. The zero-order chi connectivity index (χ0) is 32.8. The van der Waals surface area contributed by atoms with Crippen LogP contribution in [0.1, 0.15) is 44.3 Å². The molecule has 0 aliphatic heterocycles. The zero-order valence-corrected chi connectivity index (χ0v) is 25.0. The van der Waals surface area contributed by atoms with Crippen molar-refractivity contribution in [3.05, 3.63) is 95.1 Å². The molecule has 0 saturated carbocycles. The van der Waals surface area contributed by atoms with Crippen LogP contribution in [0.5, 0.6) is 5.75 Å². The van der Waals surface area contributed by atoms with Crippen molar-refractivity contribution in [3.8, 4) is 5.75 Å². The molecule has 3 heterocycles. The van der Waals surface area contributed by atoms with E-state index in [-0.39, 0.29) is 29.5 Å². The molecule has 0 fully saturated rings. The van der Waals surface area contributed by atoms with Gasteiger partial charge in [0.2, 0.25) is 6.79 Å². The molecule has 3 aromatic heterocycles. The zero-order valence-electron chi connectivity index (χ0n) is 25.0. The van der Waals surface area contributed by atoms with Gasteiger partial charge in [-0.15, -0.1) is 0 Å². The fraction of sp³-hybridized carbons (Fsp3) is 0.194. The molecule has 0 radical (unpaired) electrons. The average molecular weight is 628 g/mol. The van der Waals surface area contributed by atoms with Crippen molar-refractivity contribution in [1.29, 1.82) is 0 Å². The van der Waals surface area contributed by atoms with E-state index in [1.807, 2.05) is 13.8 Å². The number of anilines is 3. The summed E-state index contributed by atoms with van der Waals surface area (Å²) in [6.07, 6.45) is 2.84. The molecule has 0 bridgehead atoms. The lowest BCUT2D eigenvalue weighted by Gasteiger charge is -2.18. The number of esters is 1. The molecule has 5 rings (SSSR count). The van der Waals surface area contributed by atoms with Gasteiger partial charge in [0.15, 0.2) is 11.6 Å². The number of aromatic hydroxyl groups is 1. The highest BCUT2D eigenvalue weighted by Crippen LogP contribution is 2.28. The number of carbonyl (C=O) groups is 4. The van der Waals surface area contributed by atoms with E-state index in [0.717, 1.165) is 5.56 Å². The first-order valence-electron chi connectivity index (χ1n) is 14.0. The number of aromatic nitrogens is 4. The number of phenolic OH excluding ortho intramolecular Hbond substituents is 1. The molecule has 2 aromatic carbocycles. The lowest BCUT2D eigenvalue weighted by Crippen LogP contribution is -2.38. The number of carbonyl (C=O) groups excluding carboxylic acids is 4. The maximum absolute atomic E-state index is 13.7. The van der Waals surface area contributed by atoms with E-state index in [4.69, 9.17) is 14.0 Å². The molecule has 46 heavy (non-hydrogen) atoms. The molecule has 0 atom stereocenters. The Hall–Kier alpha value is -6.25. The van der Waals surface area contributed by atoms with E-state index in [1.165, 1.54) is 42.9 Å². The van der Waals surface area contributed by atoms with Crippen LogP contribution >= 0.6 is 0 Å². The number of hydrogen-bond donors (Lipinski definition) is 3. The number of ether oxygens (including phenoxy) is 2. The highest BCUT2D eigenvalue weighted by molar-refractivity contribution is 6.19. The molecular weight excluding hydrogens is 598 g/mol. The Kier molecular flexibility index (Phi) is 9.21. The van der Waals surface area contributed by atoms with Gasteiger partial charge in [0.1, 0.15) is 23.9 Å². The van der Waals surface area contributed by atoms with Crippen LogP contribution in [0.3, 0.4) is 0 Å². The number of nitrogens with one attached hydrogen (secondary N) is 2. The Morgan fingerprint density at radius 1 is 1.04 bits per heavy atom. The van der Waals surface area contributed by atoms with Gasteiger partial charge in [0.05, 0.1) is 12.0 Å². The summed E-state index contributed by atoms with van der Waals surface area (Å²) in [4.78, 5) is 56.5. The first-order valence-corrected chi connectivity index (χ1v) is 14.0. The molecule has 3 N–H and O–H groups in total. The lowest BCUT2D eigenvalue weighted by molar-refractivity contribution is -0.150. The average Bonchev–Trinajstić information content (AvgIpc) is 3.68. The standard InChI is InChI=1S/C31H29N7O8/c1-4-32-29(41)23-15-37-27(19(23)3)28(33-16-34-37)35-24-14-21(8-5-18(24)2)30(42)38(25-11-12-46-36-25)31(43)45-17-44-26(40)13-20-6-9-22(39)10-7-20/h5-12,14-16,39H,4,13,17H2,1-3H3,(H,32,41)(H,33,34,35). The predicted molar refractivity (Wildman–Crippen MR) is 163 cm³/mol. The summed E-state index contributed by atoms with van der Waals surface area (Å²) in [5.41, 5.74) is 3.56. The second-order valence-corrected chi connectivity index (χ2v) is 9.97. The van der Waals surface area contributed by atoms with Crippen LogP contribution in [-0.2, 0) is 20.7 Å². The number of nitrogens with zero attached hydrogens (tertiary/aromatic N) is 5. The molecular formula is C31H29N7O8. The van der Waals surface area contributed by atoms with Crippen LogP contribution in [0.2, 0.25) is 0 Å². The summed E-state index contributed by atoms with van der Waals surface area (Å²) in [5.74, 6) is -1.45. The Labute approximate surface area is 261 Å². The first kappa shape index (κ1) is 31.2. The van der Waals surface area contributed by atoms with Gasteiger partial charge in [-0.2, -0.15) is 10.00 Å². The highest BCUT2D eigenvalue weighted by atomic mass is 16.7. The molecule has 236 valence electrons. The monoisotopic (exact) mass is 627 g/mol. The normalized spacial score (nSPS) is 10.8. The van der Waals surface area contributed by atoms with Crippen molar-refractivity contribution in [2.75, 3.05) is 23.6 Å². The van der Waals surface area contributed by atoms with E-state index >= 15 is 0 Å². The predicted octanol–water partition coefficient (Wildman–Crippen LogP) is 4.06. The van der Waals surface area contributed by atoms with Gasteiger partial charge in [-0.1, -0.05) is 23.4 Å². The van der Waals surface area contributed by atoms with E-state index in [0.29, 0.717) is 45.2 Å². The summed E-state index contributed by atoms with van der Waals surface area (Å²) in [6.45, 7) is 5.12. The van der Waals surface area contributed by atoms with Crippen LogP contribution in [0.4, 0.5) is 22.1 Å². The van der Waals surface area contributed by atoms with Gasteiger partial charge >= 0.3 is 12.1 Å². The summed E-state index contributed by atoms with van der Waals surface area (Å²) in [6, 6.07) is 12.0. The van der Waals surface area contributed by atoms with Crippen molar-refractivity contribution < 1.29 is 38.3 Å². The molecule has 0 aliphatic carbocycles. The highest BCUT2D eigenvalue weighted by Gasteiger charge is 2.29. The van der Waals surface area contributed by atoms with E-state index in [1.54, 1.807) is 35.8 Å². The van der Waals surface area contributed by atoms with E-state index in [2.05, 4.69) is 25.9 Å². The fourth-order valence-electron chi connectivity index (χ4n) is 4.53. The number of amides is 3. The summed E-state index contributed by atoms with van der Waals surface area (Å²) < 4.78 is 16.5. The summed E-state index contributed by atoms with van der Waals surface area (Å²) in [5, 5.41) is 23.3. The molecule has 5 aromatic rings. The Balaban J connectivity index is 1.34. The van der Waals surface area contributed by atoms with Crippen molar-refractivity contribution in [3.63, 3.8) is 0 Å². The number of rotatable bonds is 10. The largest absolute Gasteiger partial charge is 0.508 e. The number of imide groups is 1. The molecule has 0 unspecified atom stereocenters. The number of hydrogen-bond acceptors (Lipinski definition) is 12.